The Labute approximate surface area is 138 Å². The number of methoxy groups -OCH3 is 1. The third-order valence-corrected chi connectivity index (χ3v) is 4.13. The van der Waals surface area contributed by atoms with Gasteiger partial charge in [-0.05, 0) is 58.7 Å². The number of rotatable bonds is 5. The Kier molecular flexibility index (Phi) is 5.20. The van der Waals surface area contributed by atoms with Crippen LogP contribution in [0.3, 0.4) is 0 Å². The molecule has 2 aromatic carbocycles. The lowest BCUT2D eigenvalue weighted by molar-refractivity contribution is 0.414. The smallest absolute Gasteiger partial charge is 0.118 e. The molecule has 5 heteroatoms. The fraction of sp³-hybridized carbons (Fsp3) is 0.188. The molecular formula is C16H17BrN2OS. The molecule has 110 valence electrons. The number of benzene rings is 2. The number of hydrogen-bond acceptors (Lipinski definition) is 3. The SMILES string of the molecule is COc1ccc(C(C)Nc2ccc(C(N)=S)cc2Br)cc1. The van der Waals surface area contributed by atoms with Crippen molar-refractivity contribution < 1.29 is 4.74 Å². The van der Waals surface area contributed by atoms with E-state index in [0.29, 0.717) is 4.99 Å². The molecule has 0 radical (unpaired) electrons. The molecule has 0 spiro atoms. The molecule has 0 amide bonds. The summed E-state index contributed by atoms with van der Waals surface area (Å²) < 4.78 is 6.11. The van der Waals surface area contributed by atoms with E-state index in [1.54, 1.807) is 7.11 Å². The first kappa shape index (κ1) is 15.8. The van der Waals surface area contributed by atoms with E-state index in [9.17, 15) is 0 Å². The summed E-state index contributed by atoms with van der Waals surface area (Å²) >= 11 is 8.52. The summed E-state index contributed by atoms with van der Waals surface area (Å²) in [5.74, 6) is 0.855. The maximum atomic E-state index is 5.63. The van der Waals surface area contributed by atoms with Crippen LogP contribution in [0.15, 0.2) is 46.9 Å². The van der Waals surface area contributed by atoms with Gasteiger partial charge in [0.15, 0.2) is 0 Å². The van der Waals surface area contributed by atoms with Crippen LogP contribution in [0.2, 0.25) is 0 Å². The Morgan fingerprint density at radius 1 is 1.24 bits per heavy atom. The number of nitrogens with one attached hydrogen (secondary N) is 1. The van der Waals surface area contributed by atoms with E-state index < -0.39 is 0 Å². The first-order chi connectivity index (χ1) is 10.0. The number of anilines is 1. The number of halogens is 1. The summed E-state index contributed by atoms with van der Waals surface area (Å²) in [5, 5.41) is 3.46. The third kappa shape index (κ3) is 3.95. The molecule has 0 aliphatic rings. The molecule has 0 heterocycles. The van der Waals surface area contributed by atoms with Crippen LogP contribution in [0.5, 0.6) is 5.75 Å². The predicted octanol–water partition coefficient (Wildman–Crippen LogP) is 4.27. The molecule has 0 aliphatic carbocycles. The maximum Gasteiger partial charge on any atom is 0.118 e. The summed E-state index contributed by atoms with van der Waals surface area (Å²) in [6.07, 6.45) is 0. The lowest BCUT2D eigenvalue weighted by atomic mass is 10.1. The van der Waals surface area contributed by atoms with Crippen LogP contribution in [-0.4, -0.2) is 12.1 Å². The average molecular weight is 365 g/mol. The standard InChI is InChI=1S/C16H17BrN2OS/c1-10(11-3-6-13(20-2)7-4-11)19-15-8-5-12(16(18)21)9-14(15)17/h3-10,19H,1-2H3,(H2,18,21). The Morgan fingerprint density at radius 3 is 2.43 bits per heavy atom. The minimum atomic E-state index is 0.169. The highest BCUT2D eigenvalue weighted by molar-refractivity contribution is 9.10. The van der Waals surface area contributed by atoms with Gasteiger partial charge in [-0.15, -0.1) is 0 Å². The Balaban J connectivity index is 2.14. The topological polar surface area (TPSA) is 47.3 Å². The summed E-state index contributed by atoms with van der Waals surface area (Å²) in [6, 6.07) is 14.0. The molecule has 2 aromatic rings. The minimum absolute atomic E-state index is 0.169. The zero-order chi connectivity index (χ0) is 15.4. The van der Waals surface area contributed by atoms with Crippen LogP contribution in [0, 0.1) is 0 Å². The molecule has 1 atom stereocenters. The van der Waals surface area contributed by atoms with E-state index in [-0.39, 0.29) is 6.04 Å². The van der Waals surface area contributed by atoms with Crippen molar-refractivity contribution in [3.05, 3.63) is 58.1 Å². The third-order valence-electron chi connectivity index (χ3n) is 3.24. The van der Waals surface area contributed by atoms with Crippen molar-refractivity contribution in [1.82, 2.24) is 0 Å². The molecule has 0 aliphatic heterocycles. The van der Waals surface area contributed by atoms with Gasteiger partial charge in [0.05, 0.1) is 7.11 Å². The first-order valence-corrected chi connectivity index (χ1v) is 7.71. The Morgan fingerprint density at radius 2 is 1.90 bits per heavy atom. The van der Waals surface area contributed by atoms with Crippen molar-refractivity contribution in [2.75, 3.05) is 12.4 Å². The van der Waals surface area contributed by atoms with Gasteiger partial charge in [-0.3, -0.25) is 0 Å². The van der Waals surface area contributed by atoms with Crippen LogP contribution in [-0.2, 0) is 0 Å². The van der Waals surface area contributed by atoms with Gasteiger partial charge >= 0.3 is 0 Å². The van der Waals surface area contributed by atoms with Gasteiger partial charge < -0.3 is 15.8 Å². The summed E-state index contributed by atoms with van der Waals surface area (Å²) in [4.78, 5) is 0.394. The zero-order valence-electron chi connectivity index (χ0n) is 11.9. The van der Waals surface area contributed by atoms with E-state index in [4.69, 9.17) is 22.7 Å². The van der Waals surface area contributed by atoms with Crippen molar-refractivity contribution in [2.45, 2.75) is 13.0 Å². The molecule has 21 heavy (non-hydrogen) atoms. The van der Waals surface area contributed by atoms with Crippen LogP contribution < -0.4 is 15.8 Å². The van der Waals surface area contributed by atoms with E-state index in [1.165, 1.54) is 5.56 Å². The molecule has 3 nitrogen and oxygen atoms in total. The summed E-state index contributed by atoms with van der Waals surface area (Å²) in [6.45, 7) is 2.11. The normalized spacial score (nSPS) is 11.8. The second-order valence-electron chi connectivity index (χ2n) is 4.70. The molecule has 3 N–H and O–H groups in total. The second kappa shape index (κ2) is 6.91. The van der Waals surface area contributed by atoms with E-state index in [2.05, 4.69) is 28.2 Å². The van der Waals surface area contributed by atoms with Gasteiger partial charge in [0.1, 0.15) is 10.7 Å². The molecule has 0 saturated carbocycles. The van der Waals surface area contributed by atoms with Gasteiger partial charge in [-0.25, -0.2) is 0 Å². The second-order valence-corrected chi connectivity index (χ2v) is 5.99. The number of thiocarbonyl (C=S) groups is 1. The fourth-order valence-corrected chi connectivity index (χ4v) is 2.61. The lowest BCUT2D eigenvalue weighted by Crippen LogP contribution is -2.11. The largest absolute Gasteiger partial charge is 0.497 e. The van der Waals surface area contributed by atoms with Gasteiger partial charge in [0.2, 0.25) is 0 Å². The maximum absolute atomic E-state index is 5.63. The Bertz CT molecular complexity index is 643. The molecular weight excluding hydrogens is 348 g/mol. The highest BCUT2D eigenvalue weighted by Gasteiger charge is 2.09. The Hall–Kier alpha value is -1.59. The van der Waals surface area contributed by atoms with Gasteiger partial charge in [-0.2, -0.15) is 0 Å². The van der Waals surface area contributed by atoms with E-state index in [0.717, 1.165) is 21.5 Å². The predicted molar refractivity (Wildman–Crippen MR) is 95.1 cm³/mol. The molecule has 1 unspecified atom stereocenters. The highest BCUT2D eigenvalue weighted by Crippen LogP contribution is 2.28. The monoisotopic (exact) mass is 364 g/mol. The molecule has 0 aromatic heterocycles. The van der Waals surface area contributed by atoms with Crippen molar-refractivity contribution >= 4 is 38.8 Å². The number of nitrogens with two attached hydrogens (primary N) is 1. The summed E-state index contributed by atoms with van der Waals surface area (Å²) in [5.41, 5.74) is 8.66. The zero-order valence-corrected chi connectivity index (χ0v) is 14.3. The quantitative estimate of drug-likeness (QED) is 0.777. The van der Waals surface area contributed by atoms with Gasteiger partial charge in [0.25, 0.3) is 0 Å². The molecule has 0 fully saturated rings. The highest BCUT2D eigenvalue weighted by atomic mass is 79.9. The first-order valence-electron chi connectivity index (χ1n) is 6.51. The number of ether oxygens (including phenoxy) is 1. The van der Waals surface area contributed by atoms with Crippen LogP contribution in [0.4, 0.5) is 5.69 Å². The van der Waals surface area contributed by atoms with Crippen molar-refractivity contribution in [3.63, 3.8) is 0 Å². The lowest BCUT2D eigenvalue weighted by Gasteiger charge is -2.17. The van der Waals surface area contributed by atoms with Crippen molar-refractivity contribution in [3.8, 4) is 5.75 Å². The van der Waals surface area contributed by atoms with Crippen LogP contribution in [0.1, 0.15) is 24.1 Å². The van der Waals surface area contributed by atoms with Gasteiger partial charge in [-0.1, -0.05) is 24.4 Å². The molecule has 0 bridgehead atoms. The van der Waals surface area contributed by atoms with Crippen molar-refractivity contribution in [1.29, 1.82) is 0 Å². The fourth-order valence-electron chi connectivity index (χ4n) is 1.99. The van der Waals surface area contributed by atoms with Gasteiger partial charge in [0, 0.05) is 21.8 Å². The van der Waals surface area contributed by atoms with Crippen molar-refractivity contribution in [2.24, 2.45) is 5.73 Å². The summed E-state index contributed by atoms with van der Waals surface area (Å²) in [7, 11) is 1.66. The van der Waals surface area contributed by atoms with Crippen LogP contribution in [0.25, 0.3) is 0 Å². The van der Waals surface area contributed by atoms with E-state index in [1.807, 2.05) is 42.5 Å². The molecule has 0 saturated heterocycles. The molecule has 2 rings (SSSR count). The minimum Gasteiger partial charge on any atom is -0.497 e. The average Bonchev–Trinajstić information content (AvgIpc) is 2.49. The van der Waals surface area contributed by atoms with Crippen LogP contribution >= 0.6 is 28.1 Å². The number of hydrogen-bond donors (Lipinski definition) is 2. The van der Waals surface area contributed by atoms with E-state index >= 15 is 0 Å².